The standard InChI is InChI=1S/C9H12ClN3O2/c1-5-6(9(14)15)4-7(10)8(11-5)12-13(2)3/h4H,1-3H3,(H,11,12)(H,14,15). The van der Waals surface area contributed by atoms with Crippen LogP contribution in [0.1, 0.15) is 16.1 Å². The van der Waals surface area contributed by atoms with Crippen molar-refractivity contribution in [2.24, 2.45) is 0 Å². The molecule has 1 rings (SSSR count). The summed E-state index contributed by atoms with van der Waals surface area (Å²) in [6, 6.07) is 1.39. The van der Waals surface area contributed by atoms with E-state index in [0.717, 1.165) is 0 Å². The highest BCUT2D eigenvalue weighted by Crippen LogP contribution is 2.22. The molecular formula is C9H12ClN3O2. The average Bonchev–Trinajstić information content (AvgIpc) is 2.09. The van der Waals surface area contributed by atoms with Crippen molar-refractivity contribution >= 4 is 23.4 Å². The Balaban J connectivity index is 3.13. The van der Waals surface area contributed by atoms with Gasteiger partial charge in [-0.3, -0.25) is 0 Å². The highest BCUT2D eigenvalue weighted by atomic mass is 35.5. The largest absolute Gasteiger partial charge is 0.478 e. The van der Waals surface area contributed by atoms with Crippen LogP contribution in [0.4, 0.5) is 5.82 Å². The minimum absolute atomic E-state index is 0.115. The van der Waals surface area contributed by atoms with Gasteiger partial charge in [0, 0.05) is 14.1 Å². The average molecular weight is 230 g/mol. The molecular weight excluding hydrogens is 218 g/mol. The topological polar surface area (TPSA) is 65.5 Å². The van der Waals surface area contributed by atoms with E-state index in [0.29, 0.717) is 11.5 Å². The van der Waals surface area contributed by atoms with Crippen LogP contribution < -0.4 is 5.43 Å². The summed E-state index contributed by atoms with van der Waals surface area (Å²) >= 11 is 5.87. The normalized spacial score (nSPS) is 10.5. The Morgan fingerprint density at radius 2 is 2.20 bits per heavy atom. The molecule has 0 aliphatic heterocycles. The molecule has 82 valence electrons. The third-order valence-electron chi connectivity index (χ3n) is 1.73. The van der Waals surface area contributed by atoms with Crippen LogP contribution in [0.5, 0.6) is 0 Å². The van der Waals surface area contributed by atoms with Crippen molar-refractivity contribution in [1.82, 2.24) is 9.99 Å². The lowest BCUT2D eigenvalue weighted by Crippen LogP contribution is -2.21. The van der Waals surface area contributed by atoms with E-state index in [4.69, 9.17) is 16.7 Å². The Hall–Kier alpha value is -1.33. The fourth-order valence-corrected chi connectivity index (χ4v) is 1.28. The van der Waals surface area contributed by atoms with Gasteiger partial charge in [0.05, 0.1) is 16.3 Å². The van der Waals surface area contributed by atoms with Gasteiger partial charge in [0.2, 0.25) is 0 Å². The number of aryl methyl sites for hydroxylation is 1. The van der Waals surface area contributed by atoms with Gasteiger partial charge in [0.1, 0.15) is 0 Å². The number of hydrogen-bond acceptors (Lipinski definition) is 4. The first kappa shape index (κ1) is 11.7. The molecule has 0 radical (unpaired) electrons. The summed E-state index contributed by atoms with van der Waals surface area (Å²) in [5.41, 5.74) is 3.42. The van der Waals surface area contributed by atoms with E-state index in [1.54, 1.807) is 26.0 Å². The summed E-state index contributed by atoms with van der Waals surface area (Å²) in [6.45, 7) is 1.63. The molecule has 0 spiro atoms. The Labute approximate surface area is 92.6 Å². The predicted molar refractivity (Wildman–Crippen MR) is 58.3 cm³/mol. The maximum Gasteiger partial charge on any atom is 0.337 e. The molecule has 0 unspecified atom stereocenters. The number of aromatic carboxylic acids is 1. The van der Waals surface area contributed by atoms with E-state index >= 15 is 0 Å². The molecule has 0 saturated heterocycles. The number of hydrogen-bond donors (Lipinski definition) is 2. The number of carbonyl (C=O) groups is 1. The van der Waals surface area contributed by atoms with Gasteiger partial charge >= 0.3 is 5.97 Å². The Morgan fingerprint density at radius 1 is 1.60 bits per heavy atom. The summed E-state index contributed by atoms with van der Waals surface area (Å²) in [4.78, 5) is 14.8. The first-order valence-corrected chi connectivity index (χ1v) is 4.64. The van der Waals surface area contributed by atoms with Gasteiger partial charge in [-0.15, -0.1) is 0 Å². The SMILES string of the molecule is Cc1nc(NN(C)C)c(Cl)cc1C(=O)O. The van der Waals surface area contributed by atoms with E-state index in [9.17, 15) is 4.79 Å². The number of carboxylic acid groups (broad SMARTS) is 1. The molecule has 0 atom stereocenters. The van der Waals surface area contributed by atoms with Gasteiger partial charge < -0.3 is 10.5 Å². The quantitative estimate of drug-likeness (QED) is 0.772. The Morgan fingerprint density at radius 3 is 2.67 bits per heavy atom. The van der Waals surface area contributed by atoms with Crippen molar-refractivity contribution in [3.8, 4) is 0 Å². The minimum Gasteiger partial charge on any atom is -0.478 e. The zero-order valence-electron chi connectivity index (χ0n) is 8.71. The number of rotatable bonds is 3. The third-order valence-corrected chi connectivity index (χ3v) is 2.01. The van der Waals surface area contributed by atoms with Crippen LogP contribution in [0.3, 0.4) is 0 Å². The Kier molecular flexibility index (Phi) is 3.49. The molecule has 0 aliphatic carbocycles. The second kappa shape index (κ2) is 4.46. The molecule has 6 heteroatoms. The second-order valence-electron chi connectivity index (χ2n) is 3.26. The summed E-state index contributed by atoms with van der Waals surface area (Å²) in [6.07, 6.45) is 0. The summed E-state index contributed by atoms with van der Waals surface area (Å²) in [7, 11) is 3.58. The molecule has 1 heterocycles. The fraction of sp³-hybridized carbons (Fsp3) is 0.333. The van der Waals surface area contributed by atoms with Crippen LogP contribution in [0, 0.1) is 6.92 Å². The zero-order chi connectivity index (χ0) is 11.6. The number of nitrogens with one attached hydrogen (secondary N) is 1. The van der Waals surface area contributed by atoms with Crippen LogP contribution in [0.25, 0.3) is 0 Å². The molecule has 0 fully saturated rings. The predicted octanol–water partition coefficient (Wildman–Crippen LogP) is 1.63. The lowest BCUT2D eigenvalue weighted by atomic mass is 10.2. The van der Waals surface area contributed by atoms with Crippen LogP contribution in [0.2, 0.25) is 5.02 Å². The van der Waals surface area contributed by atoms with Crippen molar-refractivity contribution in [2.75, 3.05) is 19.5 Å². The van der Waals surface area contributed by atoms with Crippen molar-refractivity contribution in [2.45, 2.75) is 6.92 Å². The summed E-state index contributed by atoms with van der Waals surface area (Å²) in [5.74, 6) is -0.581. The van der Waals surface area contributed by atoms with E-state index in [2.05, 4.69) is 10.4 Å². The maximum atomic E-state index is 10.8. The highest BCUT2D eigenvalue weighted by Gasteiger charge is 2.12. The van der Waals surface area contributed by atoms with Gasteiger partial charge in [-0.1, -0.05) is 11.6 Å². The van der Waals surface area contributed by atoms with Gasteiger partial charge in [0.15, 0.2) is 5.82 Å². The molecule has 1 aromatic rings. The molecule has 5 nitrogen and oxygen atoms in total. The van der Waals surface area contributed by atoms with E-state index in [1.165, 1.54) is 6.07 Å². The lowest BCUT2D eigenvalue weighted by molar-refractivity contribution is 0.0695. The number of anilines is 1. The van der Waals surface area contributed by atoms with E-state index < -0.39 is 5.97 Å². The molecule has 0 bridgehead atoms. The smallest absolute Gasteiger partial charge is 0.337 e. The monoisotopic (exact) mass is 229 g/mol. The molecule has 0 saturated carbocycles. The molecule has 0 amide bonds. The second-order valence-corrected chi connectivity index (χ2v) is 3.67. The van der Waals surface area contributed by atoms with E-state index in [-0.39, 0.29) is 10.6 Å². The first-order chi connectivity index (χ1) is 6.91. The third kappa shape index (κ3) is 2.81. The molecule has 2 N–H and O–H groups in total. The van der Waals surface area contributed by atoms with Crippen molar-refractivity contribution in [1.29, 1.82) is 0 Å². The van der Waals surface area contributed by atoms with Crippen LogP contribution >= 0.6 is 11.6 Å². The highest BCUT2D eigenvalue weighted by molar-refractivity contribution is 6.33. The van der Waals surface area contributed by atoms with Crippen molar-refractivity contribution in [3.63, 3.8) is 0 Å². The lowest BCUT2D eigenvalue weighted by Gasteiger charge is -2.14. The van der Waals surface area contributed by atoms with Gasteiger partial charge in [-0.05, 0) is 13.0 Å². The fourth-order valence-electron chi connectivity index (χ4n) is 1.09. The Bertz CT molecular complexity index is 393. The number of halogens is 1. The van der Waals surface area contributed by atoms with Crippen molar-refractivity contribution in [3.05, 3.63) is 22.3 Å². The van der Waals surface area contributed by atoms with Crippen LogP contribution in [-0.4, -0.2) is 35.2 Å². The summed E-state index contributed by atoms with van der Waals surface area (Å²) < 4.78 is 0. The number of carboxylic acids is 1. The van der Waals surface area contributed by atoms with Gasteiger partial charge in [-0.2, -0.15) is 0 Å². The molecule has 1 aromatic heterocycles. The minimum atomic E-state index is -1.03. The molecule has 0 aromatic carbocycles. The van der Waals surface area contributed by atoms with Crippen LogP contribution in [0.15, 0.2) is 6.07 Å². The summed E-state index contributed by atoms with van der Waals surface area (Å²) in [5, 5.41) is 10.8. The number of hydrazine groups is 1. The van der Waals surface area contributed by atoms with Gasteiger partial charge in [0.25, 0.3) is 0 Å². The number of nitrogens with zero attached hydrogens (tertiary/aromatic N) is 2. The van der Waals surface area contributed by atoms with Crippen molar-refractivity contribution < 1.29 is 9.90 Å². The molecule has 0 aliphatic rings. The van der Waals surface area contributed by atoms with Gasteiger partial charge in [-0.25, -0.2) is 14.8 Å². The van der Waals surface area contributed by atoms with E-state index in [1.807, 2.05) is 0 Å². The zero-order valence-corrected chi connectivity index (χ0v) is 9.46. The number of aromatic nitrogens is 1. The number of pyridine rings is 1. The van der Waals surface area contributed by atoms with Crippen LogP contribution in [-0.2, 0) is 0 Å². The molecule has 15 heavy (non-hydrogen) atoms. The maximum absolute atomic E-state index is 10.8. The first-order valence-electron chi connectivity index (χ1n) is 4.26.